The molecule has 1 aliphatic rings. The van der Waals surface area contributed by atoms with Crippen LogP contribution in [0, 0.1) is 10.1 Å². The number of benzene rings is 1. The number of nitro benzene ring substituents is 1. The van der Waals surface area contributed by atoms with Gasteiger partial charge in [-0.15, -0.1) is 0 Å². The van der Waals surface area contributed by atoms with Crippen LogP contribution in [-0.2, 0) is 4.79 Å². The molecule has 4 rings (SSSR count). The van der Waals surface area contributed by atoms with Crippen LogP contribution in [0.5, 0.6) is 0 Å². The maximum Gasteiger partial charge on any atom is 0.269 e. The largest absolute Gasteiger partial charge is 0.326 e. The predicted octanol–water partition coefficient (Wildman–Crippen LogP) is 1.90. The summed E-state index contributed by atoms with van der Waals surface area (Å²) < 4.78 is 1.46. The van der Waals surface area contributed by atoms with Crippen LogP contribution in [0.15, 0.2) is 59.9 Å². The van der Waals surface area contributed by atoms with E-state index in [0.29, 0.717) is 28.6 Å². The smallest absolute Gasteiger partial charge is 0.269 e. The third kappa shape index (κ3) is 3.05. The third-order valence-corrected chi connectivity index (χ3v) is 4.28. The van der Waals surface area contributed by atoms with Gasteiger partial charge in [-0.1, -0.05) is 11.2 Å². The van der Waals surface area contributed by atoms with Crippen molar-refractivity contribution < 1.29 is 9.72 Å². The summed E-state index contributed by atoms with van der Waals surface area (Å²) in [6, 6.07) is 10.5. The lowest BCUT2D eigenvalue weighted by atomic mass is 9.95. The molecule has 11 heteroatoms. The van der Waals surface area contributed by atoms with E-state index >= 15 is 0 Å². The van der Waals surface area contributed by atoms with Crippen LogP contribution in [0.3, 0.4) is 0 Å². The zero-order valence-corrected chi connectivity index (χ0v) is 14.6. The fourth-order valence-corrected chi connectivity index (χ4v) is 3.01. The van der Waals surface area contributed by atoms with E-state index in [4.69, 9.17) is 0 Å². The van der Waals surface area contributed by atoms with Crippen molar-refractivity contribution in [2.24, 2.45) is 0 Å². The molecule has 0 bridgehead atoms. The Bertz CT molecular complexity index is 1080. The first kappa shape index (κ1) is 17.3. The quantitative estimate of drug-likeness (QED) is 0.518. The number of nitro groups is 1. The summed E-state index contributed by atoms with van der Waals surface area (Å²) in [5, 5.41) is 28.3. The summed E-state index contributed by atoms with van der Waals surface area (Å²) in [5.41, 5.74) is 1.53. The molecule has 1 aliphatic heterocycles. The summed E-state index contributed by atoms with van der Waals surface area (Å²) in [5.74, 6) is 0.390. The minimum atomic E-state index is -0.657. The second kappa shape index (κ2) is 6.87. The first-order valence-electron chi connectivity index (χ1n) is 8.27. The van der Waals surface area contributed by atoms with Crippen molar-refractivity contribution in [3.05, 3.63) is 75.6 Å². The number of aromatic nitrogens is 5. The lowest BCUT2D eigenvalue weighted by molar-refractivity contribution is -0.384. The molecule has 1 aromatic carbocycles. The van der Waals surface area contributed by atoms with E-state index in [-0.39, 0.29) is 11.6 Å². The van der Waals surface area contributed by atoms with Gasteiger partial charge in [0.1, 0.15) is 11.9 Å². The Balaban J connectivity index is 1.76. The van der Waals surface area contributed by atoms with E-state index in [0.717, 1.165) is 0 Å². The SMILES string of the molecule is CC1=C(C(=O)Nc2ccccn2)C(c2ccc([N+](=O)[O-])cc2)n2nnnc2N1. The maximum absolute atomic E-state index is 13.0. The van der Waals surface area contributed by atoms with Gasteiger partial charge in [0.05, 0.1) is 10.5 Å². The highest BCUT2D eigenvalue weighted by Crippen LogP contribution is 2.35. The molecule has 1 atom stereocenters. The van der Waals surface area contributed by atoms with Crippen LogP contribution in [0.2, 0.25) is 0 Å². The molecule has 0 aliphatic carbocycles. The van der Waals surface area contributed by atoms with E-state index in [1.807, 2.05) is 0 Å². The van der Waals surface area contributed by atoms with Crippen molar-refractivity contribution >= 4 is 23.4 Å². The van der Waals surface area contributed by atoms with Crippen LogP contribution < -0.4 is 10.6 Å². The van der Waals surface area contributed by atoms with Crippen LogP contribution in [0.25, 0.3) is 0 Å². The van der Waals surface area contributed by atoms with Crippen LogP contribution in [0.4, 0.5) is 17.5 Å². The van der Waals surface area contributed by atoms with Gasteiger partial charge in [0, 0.05) is 24.0 Å². The molecule has 1 amide bonds. The Labute approximate surface area is 158 Å². The number of rotatable bonds is 4. The van der Waals surface area contributed by atoms with E-state index in [1.54, 1.807) is 43.5 Å². The first-order valence-corrected chi connectivity index (χ1v) is 8.27. The van der Waals surface area contributed by atoms with Gasteiger partial charge < -0.3 is 10.6 Å². The summed E-state index contributed by atoms with van der Waals surface area (Å²) in [6.45, 7) is 1.74. The van der Waals surface area contributed by atoms with Crippen LogP contribution >= 0.6 is 0 Å². The highest BCUT2D eigenvalue weighted by atomic mass is 16.6. The molecule has 0 spiro atoms. The van der Waals surface area contributed by atoms with Gasteiger partial charge in [-0.3, -0.25) is 14.9 Å². The van der Waals surface area contributed by atoms with Crippen LogP contribution in [0.1, 0.15) is 18.5 Å². The fourth-order valence-electron chi connectivity index (χ4n) is 3.01. The molecule has 0 saturated heterocycles. The number of non-ortho nitro benzene ring substituents is 1. The molecule has 2 N–H and O–H groups in total. The van der Waals surface area contributed by atoms with Gasteiger partial charge in [-0.25, -0.2) is 4.98 Å². The van der Waals surface area contributed by atoms with E-state index in [1.165, 1.54) is 16.8 Å². The Morgan fingerprint density at radius 2 is 2.04 bits per heavy atom. The molecule has 0 saturated carbocycles. The lowest BCUT2D eigenvalue weighted by Gasteiger charge is -2.27. The number of fused-ring (bicyclic) bond motifs is 1. The Hall–Kier alpha value is -4.15. The van der Waals surface area contributed by atoms with Gasteiger partial charge in [0.25, 0.3) is 11.6 Å². The number of hydrogen-bond acceptors (Lipinski definition) is 8. The highest BCUT2D eigenvalue weighted by molar-refractivity contribution is 6.05. The van der Waals surface area contributed by atoms with Crippen molar-refractivity contribution in [3.8, 4) is 0 Å². The van der Waals surface area contributed by atoms with Crippen LogP contribution in [-0.4, -0.2) is 36.0 Å². The summed E-state index contributed by atoms with van der Waals surface area (Å²) in [6.07, 6.45) is 1.57. The maximum atomic E-state index is 13.0. The predicted molar refractivity (Wildman–Crippen MR) is 98.2 cm³/mol. The number of hydrogen-bond donors (Lipinski definition) is 2. The highest BCUT2D eigenvalue weighted by Gasteiger charge is 2.34. The van der Waals surface area contributed by atoms with Crippen molar-refractivity contribution in [1.29, 1.82) is 0 Å². The van der Waals surface area contributed by atoms with Gasteiger partial charge >= 0.3 is 0 Å². The average molecular weight is 378 g/mol. The van der Waals surface area contributed by atoms with E-state index in [9.17, 15) is 14.9 Å². The number of tetrazole rings is 1. The summed E-state index contributed by atoms with van der Waals surface area (Å²) >= 11 is 0. The lowest BCUT2D eigenvalue weighted by Crippen LogP contribution is -2.31. The molecule has 0 fully saturated rings. The number of amides is 1. The molecular formula is C17H14N8O3. The number of nitrogens with one attached hydrogen (secondary N) is 2. The Morgan fingerprint density at radius 1 is 1.25 bits per heavy atom. The molecule has 140 valence electrons. The number of carbonyl (C=O) groups excluding carboxylic acids is 1. The molecule has 2 aromatic heterocycles. The molecule has 1 unspecified atom stereocenters. The van der Waals surface area contributed by atoms with Crippen molar-refractivity contribution in [1.82, 2.24) is 25.2 Å². The van der Waals surface area contributed by atoms with Gasteiger partial charge in [0.15, 0.2) is 0 Å². The number of carbonyl (C=O) groups is 1. The Kier molecular flexibility index (Phi) is 4.24. The third-order valence-electron chi connectivity index (χ3n) is 4.28. The average Bonchev–Trinajstić information content (AvgIpc) is 3.15. The molecule has 3 heterocycles. The van der Waals surface area contributed by atoms with E-state index in [2.05, 4.69) is 31.1 Å². The minimum Gasteiger partial charge on any atom is -0.326 e. The topological polar surface area (TPSA) is 141 Å². The normalized spacial score (nSPS) is 15.5. The second-order valence-electron chi connectivity index (χ2n) is 6.03. The molecule has 28 heavy (non-hydrogen) atoms. The monoisotopic (exact) mass is 378 g/mol. The zero-order valence-electron chi connectivity index (χ0n) is 14.6. The standard InChI is InChI=1S/C17H14N8O3/c1-10-14(16(26)20-13-4-2-3-9-18-13)15(24-17(19-10)21-22-23-24)11-5-7-12(8-6-11)25(27)28/h2-9,15H,1H3,(H,18,20,26)(H,19,21,23). The van der Waals surface area contributed by atoms with Gasteiger partial charge in [-0.2, -0.15) is 4.68 Å². The molecule has 3 aromatic rings. The molecule has 11 nitrogen and oxygen atoms in total. The molecule has 0 radical (unpaired) electrons. The number of allylic oxidation sites excluding steroid dienone is 1. The number of anilines is 2. The first-order chi connectivity index (χ1) is 13.5. The van der Waals surface area contributed by atoms with Crippen molar-refractivity contribution in [3.63, 3.8) is 0 Å². The summed E-state index contributed by atoms with van der Waals surface area (Å²) in [4.78, 5) is 27.6. The fraction of sp³-hybridized carbons (Fsp3) is 0.118. The number of pyridine rings is 1. The summed E-state index contributed by atoms with van der Waals surface area (Å²) in [7, 11) is 0. The number of nitrogens with zero attached hydrogens (tertiary/aromatic N) is 6. The Morgan fingerprint density at radius 3 is 2.71 bits per heavy atom. The van der Waals surface area contributed by atoms with Crippen molar-refractivity contribution in [2.75, 3.05) is 10.6 Å². The molecular weight excluding hydrogens is 364 g/mol. The zero-order chi connectivity index (χ0) is 19.7. The second-order valence-corrected chi connectivity index (χ2v) is 6.03. The minimum absolute atomic E-state index is 0.0465. The van der Waals surface area contributed by atoms with E-state index < -0.39 is 11.0 Å². The van der Waals surface area contributed by atoms with Gasteiger partial charge in [0.2, 0.25) is 5.95 Å². The van der Waals surface area contributed by atoms with Gasteiger partial charge in [-0.05, 0) is 47.2 Å². The van der Waals surface area contributed by atoms with Crippen molar-refractivity contribution in [2.45, 2.75) is 13.0 Å².